The van der Waals surface area contributed by atoms with E-state index in [-0.39, 0.29) is 10.8 Å². The molecule has 0 heterocycles. The van der Waals surface area contributed by atoms with E-state index < -0.39 is 12.0 Å². The molecule has 0 aliphatic heterocycles. The summed E-state index contributed by atoms with van der Waals surface area (Å²) in [5.41, 5.74) is 0. The molecular formula is C23H32ClFO3. The second-order valence-electron chi connectivity index (χ2n) is 7.99. The average Bonchev–Trinajstić information content (AvgIpc) is 2.70. The number of hydrogen-bond donors (Lipinski definition) is 1. The summed E-state index contributed by atoms with van der Waals surface area (Å²) in [5, 5.41) is 8.07. The van der Waals surface area contributed by atoms with E-state index in [0.717, 1.165) is 23.8 Å². The maximum atomic E-state index is 12.6. The minimum atomic E-state index is -1.49. The van der Waals surface area contributed by atoms with Crippen molar-refractivity contribution in [3.8, 4) is 5.75 Å². The third-order valence-electron chi connectivity index (χ3n) is 6.08. The zero-order chi connectivity index (χ0) is 20.4. The smallest absolute Gasteiger partial charge is 0.449 e. The van der Waals surface area contributed by atoms with E-state index >= 15 is 0 Å². The predicted molar refractivity (Wildman–Crippen MR) is 112 cm³/mol. The van der Waals surface area contributed by atoms with Crippen molar-refractivity contribution >= 4 is 17.8 Å². The molecule has 1 aromatic carbocycles. The highest BCUT2D eigenvalue weighted by Crippen LogP contribution is 2.40. The summed E-state index contributed by atoms with van der Waals surface area (Å²) < 4.78 is 16.8. The van der Waals surface area contributed by atoms with E-state index in [1.54, 1.807) is 12.8 Å². The monoisotopic (exact) mass is 410 g/mol. The van der Waals surface area contributed by atoms with Crippen molar-refractivity contribution in [1.29, 1.82) is 0 Å². The van der Waals surface area contributed by atoms with Crippen LogP contribution in [0.25, 0.3) is 0 Å². The van der Waals surface area contributed by atoms with Crippen LogP contribution in [0.4, 0.5) is 9.18 Å². The minimum absolute atomic E-state index is 0.0762. The van der Waals surface area contributed by atoms with E-state index in [0.29, 0.717) is 0 Å². The van der Waals surface area contributed by atoms with Crippen LogP contribution in [-0.4, -0.2) is 11.3 Å². The number of hydrogen-bond acceptors (Lipinski definition) is 2. The Morgan fingerprint density at radius 2 is 1.79 bits per heavy atom. The van der Waals surface area contributed by atoms with Crippen LogP contribution in [0.5, 0.6) is 5.75 Å². The summed E-state index contributed by atoms with van der Waals surface area (Å²) >= 11 is 5.34. The van der Waals surface area contributed by atoms with Gasteiger partial charge in [0, 0.05) is 6.07 Å². The molecular weight excluding hydrogens is 379 g/mol. The Balaban J connectivity index is 0.000000209. The van der Waals surface area contributed by atoms with Crippen LogP contribution < -0.4 is 4.74 Å². The SMILES string of the molecule is C=CCC[C@H]1CC[C@H](C2CCCCC2)CC1.O=C(O)Oc1ccc(Cl)c(F)c1. The molecule has 0 saturated heterocycles. The molecule has 3 rings (SSSR count). The first-order chi connectivity index (χ1) is 13.5. The maximum absolute atomic E-state index is 12.6. The van der Waals surface area contributed by atoms with Crippen LogP contribution >= 0.6 is 11.6 Å². The highest BCUT2D eigenvalue weighted by Gasteiger charge is 2.27. The maximum Gasteiger partial charge on any atom is 0.511 e. The molecule has 28 heavy (non-hydrogen) atoms. The zero-order valence-corrected chi connectivity index (χ0v) is 17.3. The molecule has 0 radical (unpaired) electrons. The van der Waals surface area contributed by atoms with Gasteiger partial charge in [-0.3, -0.25) is 0 Å². The van der Waals surface area contributed by atoms with E-state index in [9.17, 15) is 9.18 Å². The Morgan fingerprint density at radius 1 is 1.14 bits per heavy atom. The first-order valence-corrected chi connectivity index (χ1v) is 10.8. The molecule has 0 bridgehead atoms. The first kappa shape index (κ1) is 22.7. The molecule has 0 atom stereocenters. The number of rotatable bonds is 5. The Kier molecular flexibility index (Phi) is 9.83. The van der Waals surface area contributed by atoms with Crippen molar-refractivity contribution < 1.29 is 19.0 Å². The summed E-state index contributed by atoms with van der Waals surface area (Å²) in [6.07, 6.45) is 16.9. The number of ether oxygens (including phenoxy) is 1. The Bertz CT molecular complexity index is 620. The van der Waals surface area contributed by atoms with Crippen molar-refractivity contribution in [2.75, 3.05) is 0 Å². The fourth-order valence-electron chi connectivity index (χ4n) is 4.55. The normalized spacial score (nSPS) is 22.6. The molecule has 2 fully saturated rings. The van der Waals surface area contributed by atoms with Crippen molar-refractivity contribution in [2.24, 2.45) is 17.8 Å². The second kappa shape index (κ2) is 12.1. The molecule has 156 valence electrons. The van der Waals surface area contributed by atoms with Gasteiger partial charge in [-0.25, -0.2) is 9.18 Å². The van der Waals surface area contributed by atoms with Gasteiger partial charge in [0.2, 0.25) is 0 Å². The minimum Gasteiger partial charge on any atom is -0.449 e. The molecule has 2 aliphatic carbocycles. The Hall–Kier alpha value is -1.55. The predicted octanol–water partition coefficient (Wildman–Crippen LogP) is 7.88. The fraction of sp³-hybridized carbons (Fsp3) is 0.609. The molecule has 0 aromatic heterocycles. The van der Waals surface area contributed by atoms with E-state index in [2.05, 4.69) is 17.4 Å². The average molecular weight is 411 g/mol. The lowest BCUT2D eigenvalue weighted by molar-refractivity contribution is 0.144. The Morgan fingerprint density at radius 3 is 2.36 bits per heavy atom. The van der Waals surface area contributed by atoms with Crippen LogP contribution in [0.2, 0.25) is 5.02 Å². The van der Waals surface area contributed by atoms with Crippen LogP contribution in [0.3, 0.4) is 0 Å². The lowest BCUT2D eigenvalue weighted by atomic mass is 9.70. The van der Waals surface area contributed by atoms with Crippen molar-refractivity contribution in [1.82, 2.24) is 0 Å². The summed E-state index contributed by atoms with van der Waals surface area (Å²) in [6, 6.07) is 3.38. The fourth-order valence-corrected chi connectivity index (χ4v) is 4.67. The molecule has 1 aromatic rings. The van der Waals surface area contributed by atoms with Gasteiger partial charge in [0.15, 0.2) is 0 Å². The third-order valence-corrected chi connectivity index (χ3v) is 6.39. The quantitative estimate of drug-likeness (QED) is 0.305. The molecule has 1 N–H and O–H groups in total. The summed E-state index contributed by atoms with van der Waals surface area (Å²) in [6.45, 7) is 3.83. The lowest BCUT2D eigenvalue weighted by Crippen LogP contribution is -2.23. The third kappa shape index (κ3) is 7.83. The van der Waals surface area contributed by atoms with Gasteiger partial charge in [-0.1, -0.05) is 62.6 Å². The number of benzene rings is 1. The van der Waals surface area contributed by atoms with Crippen LogP contribution in [-0.2, 0) is 0 Å². The number of allylic oxidation sites excluding steroid dienone is 1. The molecule has 2 aliphatic rings. The lowest BCUT2D eigenvalue weighted by Gasteiger charge is -2.35. The van der Waals surface area contributed by atoms with Crippen molar-refractivity contribution in [3.05, 3.63) is 41.7 Å². The molecule has 0 unspecified atom stereocenters. The topological polar surface area (TPSA) is 46.5 Å². The van der Waals surface area contributed by atoms with Crippen LogP contribution in [0.15, 0.2) is 30.9 Å². The van der Waals surface area contributed by atoms with Gasteiger partial charge in [-0.05, 0) is 55.6 Å². The van der Waals surface area contributed by atoms with Gasteiger partial charge >= 0.3 is 6.16 Å². The van der Waals surface area contributed by atoms with E-state index in [4.69, 9.17) is 16.7 Å². The Labute approximate surface area is 172 Å². The number of carbonyl (C=O) groups is 1. The standard InChI is InChI=1S/C16H28.C7H4ClFO3/c1-2-3-7-14-10-12-16(13-11-14)15-8-5-4-6-9-15;8-5-2-1-4(3-6(5)9)12-7(10)11/h2,14-16H,1,3-13H2;1-3H,(H,10,11)/t14-,16-;. The van der Waals surface area contributed by atoms with Gasteiger partial charge in [0.05, 0.1) is 5.02 Å². The van der Waals surface area contributed by atoms with Gasteiger partial charge in [0.1, 0.15) is 11.6 Å². The van der Waals surface area contributed by atoms with Gasteiger partial charge < -0.3 is 9.84 Å². The van der Waals surface area contributed by atoms with Crippen molar-refractivity contribution in [2.45, 2.75) is 70.6 Å². The van der Waals surface area contributed by atoms with Crippen LogP contribution in [0.1, 0.15) is 70.6 Å². The van der Waals surface area contributed by atoms with E-state index in [1.165, 1.54) is 69.9 Å². The molecule has 3 nitrogen and oxygen atoms in total. The highest BCUT2D eigenvalue weighted by molar-refractivity contribution is 6.30. The second-order valence-corrected chi connectivity index (χ2v) is 8.40. The largest absolute Gasteiger partial charge is 0.511 e. The number of halogens is 2. The van der Waals surface area contributed by atoms with Gasteiger partial charge in [0.25, 0.3) is 0 Å². The van der Waals surface area contributed by atoms with Crippen molar-refractivity contribution in [3.63, 3.8) is 0 Å². The molecule has 5 heteroatoms. The zero-order valence-electron chi connectivity index (χ0n) is 16.5. The molecule has 2 saturated carbocycles. The molecule has 0 spiro atoms. The molecule has 0 amide bonds. The van der Waals surface area contributed by atoms with Crippen LogP contribution in [0, 0.1) is 23.6 Å². The number of carboxylic acid groups (broad SMARTS) is 1. The van der Waals surface area contributed by atoms with Gasteiger partial charge in [-0.2, -0.15) is 0 Å². The summed E-state index contributed by atoms with van der Waals surface area (Å²) in [5.74, 6) is 2.42. The first-order valence-electron chi connectivity index (χ1n) is 10.5. The van der Waals surface area contributed by atoms with Gasteiger partial charge in [-0.15, -0.1) is 6.58 Å². The highest BCUT2D eigenvalue weighted by atomic mass is 35.5. The summed E-state index contributed by atoms with van der Waals surface area (Å²) in [4.78, 5) is 9.99. The van der Waals surface area contributed by atoms with E-state index in [1.807, 2.05) is 0 Å². The summed E-state index contributed by atoms with van der Waals surface area (Å²) in [7, 11) is 0.